The Morgan fingerprint density at radius 1 is 1.15 bits per heavy atom. The molecule has 3 nitrogen and oxygen atoms in total. The number of para-hydroxylation sites is 1. The van der Waals surface area contributed by atoms with Gasteiger partial charge in [-0.15, -0.1) is 0 Å². The van der Waals surface area contributed by atoms with Gasteiger partial charge in [-0.05, 0) is 55.7 Å². The highest BCUT2D eigenvalue weighted by Gasteiger charge is 2.33. The Morgan fingerprint density at radius 3 is 2.65 bits per heavy atom. The molecule has 0 aromatic heterocycles. The van der Waals surface area contributed by atoms with E-state index in [-0.39, 0.29) is 5.91 Å². The van der Waals surface area contributed by atoms with Gasteiger partial charge in [0.25, 0.3) is 5.91 Å². The van der Waals surface area contributed by atoms with Gasteiger partial charge in [0, 0.05) is 5.56 Å². The number of nitrogens with zero attached hydrogens (tertiary/aromatic N) is 1. The number of ether oxygens (including phenoxy) is 1. The third-order valence-corrected chi connectivity index (χ3v) is 5.51. The molecular weight excluding hydrogens is 362 g/mol. The van der Waals surface area contributed by atoms with Crippen molar-refractivity contribution in [3.63, 3.8) is 0 Å². The first-order chi connectivity index (χ1) is 12.5. The summed E-state index contributed by atoms with van der Waals surface area (Å²) < 4.78 is 6.34. The second kappa shape index (κ2) is 8.06. The number of carbonyl (C=O) groups is 1. The zero-order valence-electron chi connectivity index (χ0n) is 15.1. The minimum absolute atomic E-state index is 0.0893. The van der Waals surface area contributed by atoms with Crippen LogP contribution >= 0.6 is 24.0 Å². The summed E-state index contributed by atoms with van der Waals surface area (Å²) in [6, 6.07) is 13.7. The average Bonchev–Trinajstić information content (AvgIpc) is 2.90. The van der Waals surface area contributed by atoms with Gasteiger partial charge in [0.15, 0.2) is 4.32 Å². The minimum Gasteiger partial charge on any atom is -0.493 e. The molecule has 1 heterocycles. The van der Waals surface area contributed by atoms with Gasteiger partial charge in [0.05, 0.1) is 17.2 Å². The van der Waals surface area contributed by atoms with Crippen LogP contribution in [0.25, 0.3) is 6.08 Å². The van der Waals surface area contributed by atoms with Gasteiger partial charge < -0.3 is 4.74 Å². The number of anilines is 1. The summed E-state index contributed by atoms with van der Waals surface area (Å²) >= 11 is 6.80. The molecule has 0 radical (unpaired) electrons. The molecule has 1 aliphatic rings. The molecule has 0 aliphatic carbocycles. The zero-order valence-corrected chi connectivity index (χ0v) is 16.7. The van der Waals surface area contributed by atoms with E-state index in [0.717, 1.165) is 29.0 Å². The molecule has 5 heteroatoms. The molecular formula is C21H21NO2S2. The highest BCUT2D eigenvalue weighted by atomic mass is 32.2. The van der Waals surface area contributed by atoms with Crippen molar-refractivity contribution in [2.45, 2.75) is 27.2 Å². The van der Waals surface area contributed by atoms with Crippen molar-refractivity contribution >= 4 is 46.0 Å². The molecule has 1 saturated heterocycles. The maximum absolute atomic E-state index is 13.0. The lowest BCUT2D eigenvalue weighted by Crippen LogP contribution is -2.27. The molecule has 0 unspecified atom stereocenters. The van der Waals surface area contributed by atoms with Gasteiger partial charge in [-0.1, -0.05) is 55.2 Å². The predicted molar refractivity (Wildman–Crippen MR) is 114 cm³/mol. The third-order valence-electron chi connectivity index (χ3n) is 4.21. The highest BCUT2D eigenvalue weighted by molar-refractivity contribution is 8.27. The van der Waals surface area contributed by atoms with Crippen molar-refractivity contribution < 1.29 is 9.53 Å². The molecule has 134 valence electrons. The number of rotatable bonds is 5. The van der Waals surface area contributed by atoms with Crippen LogP contribution in [0.3, 0.4) is 0 Å². The third kappa shape index (κ3) is 3.84. The van der Waals surface area contributed by atoms with E-state index >= 15 is 0 Å². The Labute approximate surface area is 164 Å². The van der Waals surface area contributed by atoms with Gasteiger partial charge in [0.2, 0.25) is 0 Å². The lowest BCUT2D eigenvalue weighted by molar-refractivity contribution is -0.113. The quantitative estimate of drug-likeness (QED) is 0.504. The molecule has 0 N–H and O–H groups in total. The van der Waals surface area contributed by atoms with E-state index in [4.69, 9.17) is 17.0 Å². The largest absolute Gasteiger partial charge is 0.493 e. The standard InChI is InChI=1S/C21H21NO2S2/c1-4-11-24-18-8-6-5-7-16(18)13-19-20(23)22(21(25)26-19)17-10-9-14(2)15(3)12-17/h5-10,12-13H,4,11H2,1-3H3/b19-13-. The number of thiocarbonyl (C=S) groups is 1. The maximum atomic E-state index is 13.0. The lowest BCUT2D eigenvalue weighted by atomic mass is 10.1. The molecule has 0 atom stereocenters. The van der Waals surface area contributed by atoms with Crippen molar-refractivity contribution in [3.05, 3.63) is 64.1 Å². The van der Waals surface area contributed by atoms with Crippen LogP contribution in [-0.2, 0) is 4.79 Å². The fourth-order valence-corrected chi connectivity index (χ4v) is 3.93. The first-order valence-corrected chi connectivity index (χ1v) is 9.80. The van der Waals surface area contributed by atoms with E-state index in [2.05, 4.69) is 13.8 Å². The van der Waals surface area contributed by atoms with Crippen molar-refractivity contribution in [2.75, 3.05) is 11.5 Å². The van der Waals surface area contributed by atoms with Crippen LogP contribution in [-0.4, -0.2) is 16.8 Å². The fourth-order valence-electron chi connectivity index (χ4n) is 2.64. The van der Waals surface area contributed by atoms with Gasteiger partial charge in [-0.3, -0.25) is 9.69 Å². The van der Waals surface area contributed by atoms with E-state index < -0.39 is 0 Å². The number of amides is 1. The Bertz CT molecular complexity index is 889. The van der Waals surface area contributed by atoms with Crippen LogP contribution in [0.2, 0.25) is 0 Å². The monoisotopic (exact) mass is 383 g/mol. The van der Waals surface area contributed by atoms with E-state index in [1.54, 1.807) is 4.90 Å². The van der Waals surface area contributed by atoms with Crippen molar-refractivity contribution in [1.82, 2.24) is 0 Å². The van der Waals surface area contributed by atoms with Gasteiger partial charge in [-0.2, -0.15) is 0 Å². The molecule has 2 aromatic rings. The minimum atomic E-state index is -0.0893. The summed E-state index contributed by atoms with van der Waals surface area (Å²) in [6.45, 7) is 6.80. The first-order valence-electron chi connectivity index (χ1n) is 8.58. The van der Waals surface area contributed by atoms with Crippen molar-refractivity contribution in [1.29, 1.82) is 0 Å². The Hall–Kier alpha value is -2.11. The van der Waals surface area contributed by atoms with Crippen molar-refractivity contribution in [2.24, 2.45) is 0 Å². The normalized spacial score (nSPS) is 15.8. The Balaban J connectivity index is 1.91. The number of thioether (sulfide) groups is 1. The van der Waals surface area contributed by atoms with E-state index in [1.165, 1.54) is 17.3 Å². The zero-order chi connectivity index (χ0) is 18.7. The summed E-state index contributed by atoms with van der Waals surface area (Å²) in [5.41, 5.74) is 4.03. The molecule has 0 bridgehead atoms. The number of benzene rings is 2. The van der Waals surface area contributed by atoms with Crippen molar-refractivity contribution in [3.8, 4) is 5.75 Å². The van der Waals surface area contributed by atoms with E-state index in [0.29, 0.717) is 15.8 Å². The van der Waals surface area contributed by atoms with Crippen LogP contribution in [0.15, 0.2) is 47.4 Å². The van der Waals surface area contributed by atoms with Crippen LogP contribution in [0.1, 0.15) is 30.0 Å². The molecule has 2 aromatic carbocycles. The molecule has 1 fully saturated rings. The van der Waals surface area contributed by atoms with E-state index in [1.807, 2.05) is 55.5 Å². The summed E-state index contributed by atoms with van der Waals surface area (Å²) in [7, 11) is 0. The van der Waals surface area contributed by atoms with Gasteiger partial charge >= 0.3 is 0 Å². The summed E-state index contributed by atoms with van der Waals surface area (Å²) in [4.78, 5) is 15.2. The average molecular weight is 384 g/mol. The van der Waals surface area contributed by atoms with Crippen LogP contribution in [0, 0.1) is 13.8 Å². The topological polar surface area (TPSA) is 29.5 Å². The van der Waals surface area contributed by atoms with Gasteiger partial charge in [-0.25, -0.2) is 0 Å². The molecule has 0 saturated carbocycles. The smallest absolute Gasteiger partial charge is 0.270 e. The molecule has 1 aliphatic heterocycles. The van der Waals surface area contributed by atoms with Gasteiger partial charge in [0.1, 0.15) is 5.75 Å². The lowest BCUT2D eigenvalue weighted by Gasteiger charge is -2.16. The number of hydrogen-bond acceptors (Lipinski definition) is 4. The highest BCUT2D eigenvalue weighted by Crippen LogP contribution is 2.37. The summed E-state index contributed by atoms with van der Waals surface area (Å²) in [5, 5.41) is 0. The SMILES string of the molecule is CCCOc1ccccc1/C=C1\SC(=S)N(c2ccc(C)c(C)c2)C1=O. The summed E-state index contributed by atoms with van der Waals surface area (Å²) in [6.07, 6.45) is 2.80. The van der Waals surface area contributed by atoms with Crippen LogP contribution in [0.4, 0.5) is 5.69 Å². The predicted octanol–water partition coefficient (Wildman–Crippen LogP) is 5.50. The molecule has 1 amide bonds. The maximum Gasteiger partial charge on any atom is 0.270 e. The Kier molecular flexibility index (Phi) is 5.79. The second-order valence-corrected chi connectivity index (χ2v) is 7.85. The Morgan fingerprint density at radius 2 is 1.92 bits per heavy atom. The van der Waals surface area contributed by atoms with E-state index in [9.17, 15) is 4.79 Å². The number of carbonyl (C=O) groups excluding carboxylic acids is 1. The van der Waals surface area contributed by atoms with Crippen LogP contribution in [0.5, 0.6) is 5.75 Å². The first kappa shape index (κ1) is 18.7. The molecule has 0 spiro atoms. The fraction of sp³-hybridized carbons (Fsp3) is 0.238. The van der Waals surface area contributed by atoms with Crippen LogP contribution < -0.4 is 9.64 Å². The molecule has 26 heavy (non-hydrogen) atoms. The molecule has 3 rings (SSSR count). The number of hydrogen-bond donors (Lipinski definition) is 0. The number of aryl methyl sites for hydroxylation is 2. The second-order valence-electron chi connectivity index (χ2n) is 6.17. The summed E-state index contributed by atoms with van der Waals surface area (Å²) in [5.74, 6) is 0.694.